The van der Waals surface area contributed by atoms with Crippen LogP contribution in [0.5, 0.6) is 0 Å². The quantitative estimate of drug-likeness (QED) is 0.535. The van der Waals surface area contributed by atoms with Crippen molar-refractivity contribution in [1.29, 1.82) is 0 Å². The van der Waals surface area contributed by atoms with Crippen LogP contribution in [0.3, 0.4) is 0 Å². The lowest BCUT2D eigenvalue weighted by atomic mass is 9.98. The van der Waals surface area contributed by atoms with Crippen molar-refractivity contribution in [2.24, 2.45) is 0 Å². The van der Waals surface area contributed by atoms with Gasteiger partial charge in [0.25, 0.3) is 0 Å². The molecule has 0 unspecified atom stereocenters. The van der Waals surface area contributed by atoms with Crippen LogP contribution in [0.2, 0.25) is 0 Å². The van der Waals surface area contributed by atoms with Gasteiger partial charge in [0.2, 0.25) is 0 Å². The van der Waals surface area contributed by atoms with Gasteiger partial charge in [0.05, 0.1) is 12.1 Å². The summed E-state index contributed by atoms with van der Waals surface area (Å²) in [6.07, 6.45) is 5.94. The number of unbranched alkanes of at least 4 members (excludes halogenated alkanes) is 2. The fraction of sp³-hybridized carbons (Fsp3) is 0.500. The average Bonchev–Trinajstić information content (AvgIpc) is 3.33. The topological polar surface area (TPSA) is 70.8 Å². The van der Waals surface area contributed by atoms with E-state index < -0.39 is 0 Å². The fourth-order valence-corrected chi connectivity index (χ4v) is 4.33. The molecule has 2 atom stereocenters. The Morgan fingerprint density at radius 1 is 1.26 bits per heavy atom. The summed E-state index contributed by atoms with van der Waals surface area (Å²) >= 11 is 0. The van der Waals surface area contributed by atoms with Gasteiger partial charge in [-0.2, -0.15) is 5.06 Å². The SMILES string of the molecule is C=C(C)NCCCCCc1cc([C@@H]2CC[C@@H]3CN2C(=O)N3OCc2ccccc2)no1. The standard InChI is InChI=1S/C24H32N4O3/c1-18(2)25-14-8-4-7-11-21-15-22(26-31-21)23-13-12-20-16-27(23)24(29)28(20)30-17-19-9-5-3-6-10-19/h3,5-6,9-10,15,20,23,25H,1,4,7-8,11-14,16-17H2,2H3/t20-,23+/m1/s1. The van der Waals surface area contributed by atoms with Gasteiger partial charge >= 0.3 is 6.03 Å². The number of hydrogen-bond donors (Lipinski definition) is 1. The van der Waals surface area contributed by atoms with Crippen LogP contribution in [0.1, 0.15) is 62.1 Å². The van der Waals surface area contributed by atoms with Crippen molar-refractivity contribution in [3.63, 3.8) is 0 Å². The van der Waals surface area contributed by atoms with E-state index in [9.17, 15) is 4.79 Å². The van der Waals surface area contributed by atoms with Gasteiger partial charge in [-0.1, -0.05) is 48.5 Å². The molecule has 166 valence electrons. The van der Waals surface area contributed by atoms with E-state index in [4.69, 9.17) is 9.36 Å². The minimum Gasteiger partial charge on any atom is -0.389 e. The van der Waals surface area contributed by atoms with E-state index in [-0.39, 0.29) is 18.1 Å². The molecule has 1 N–H and O–H groups in total. The number of benzene rings is 1. The van der Waals surface area contributed by atoms with Crippen molar-refractivity contribution in [3.05, 3.63) is 65.7 Å². The Labute approximate surface area is 184 Å². The number of rotatable bonds is 11. The van der Waals surface area contributed by atoms with Crippen molar-refractivity contribution < 1.29 is 14.2 Å². The number of carbonyl (C=O) groups is 1. The molecule has 0 spiro atoms. The third kappa shape index (κ3) is 5.28. The molecule has 31 heavy (non-hydrogen) atoms. The molecule has 2 amide bonds. The van der Waals surface area contributed by atoms with E-state index in [2.05, 4.69) is 17.1 Å². The molecular weight excluding hydrogens is 392 g/mol. The van der Waals surface area contributed by atoms with Gasteiger partial charge < -0.3 is 14.7 Å². The molecule has 2 aliphatic heterocycles. The number of urea groups is 1. The Kier molecular flexibility index (Phi) is 6.92. The Bertz CT molecular complexity index is 882. The highest BCUT2D eigenvalue weighted by atomic mass is 16.7. The highest BCUT2D eigenvalue weighted by Crippen LogP contribution is 2.38. The van der Waals surface area contributed by atoms with E-state index in [1.807, 2.05) is 48.2 Å². The minimum atomic E-state index is -0.0713. The van der Waals surface area contributed by atoms with Crippen LogP contribution < -0.4 is 5.32 Å². The number of hydroxylamine groups is 2. The second-order valence-electron chi connectivity index (χ2n) is 8.50. The van der Waals surface area contributed by atoms with Gasteiger partial charge in [-0.25, -0.2) is 4.79 Å². The molecule has 0 aliphatic carbocycles. The summed E-state index contributed by atoms with van der Waals surface area (Å²) in [6, 6.07) is 12.0. The molecule has 7 nitrogen and oxygen atoms in total. The summed E-state index contributed by atoms with van der Waals surface area (Å²) in [7, 11) is 0. The average molecular weight is 425 g/mol. The molecule has 7 heteroatoms. The predicted molar refractivity (Wildman–Crippen MR) is 118 cm³/mol. The number of hydrogen-bond acceptors (Lipinski definition) is 5. The fourth-order valence-electron chi connectivity index (χ4n) is 4.33. The maximum Gasteiger partial charge on any atom is 0.344 e. The number of fused-ring (bicyclic) bond motifs is 2. The zero-order valence-electron chi connectivity index (χ0n) is 18.3. The van der Waals surface area contributed by atoms with Gasteiger partial charge in [0.1, 0.15) is 18.1 Å². The van der Waals surface area contributed by atoms with Crippen molar-refractivity contribution in [2.75, 3.05) is 13.1 Å². The van der Waals surface area contributed by atoms with Gasteiger partial charge in [0.15, 0.2) is 0 Å². The monoisotopic (exact) mass is 424 g/mol. The normalized spacial score (nSPS) is 20.4. The van der Waals surface area contributed by atoms with Crippen molar-refractivity contribution in [3.8, 4) is 0 Å². The molecule has 4 rings (SSSR count). The first kappa shape index (κ1) is 21.4. The molecule has 2 bridgehead atoms. The van der Waals surface area contributed by atoms with Gasteiger partial charge in [-0.3, -0.25) is 4.84 Å². The first-order chi connectivity index (χ1) is 15.1. The number of amides is 2. The Balaban J connectivity index is 1.27. The third-order valence-electron chi connectivity index (χ3n) is 5.98. The highest BCUT2D eigenvalue weighted by Gasteiger charge is 2.46. The number of piperidine rings is 1. The highest BCUT2D eigenvalue weighted by molar-refractivity contribution is 5.77. The van der Waals surface area contributed by atoms with E-state index in [0.29, 0.717) is 13.2 Å². The molecule has 0 radical (unpaired) electrons. The van der Waals surface area contributed by atoms with Crippen molar-refractivity contribution in [2.45, 2.75) is 64.1 Å². The maximum atomic E-state index is 13.0. The number of aromatic nitrogens is 1. The van der Waals surface area contributed by atoms with Crippen LogP contribution in [0.4, 0.5) is 4.79 Å². The Morgan fingerprint density at radius 2 is 2.10 bits per heavy atom. The molecule has 2 saturated heterocycles. The van der Waals surface area contributed by atoms with Crippen LogP contribution in [0, 0.1) is 0 Å². The Morgan fingerprint density at radius 3 is 2.90 bits per heavy atom. The number of allylic oxidation sites excluding steroid dienone is 1. The number of nitrogens with zero attached hydrogens (tertiary/aromatic N) is 3. The van der Waals surface area contributed by atoms with Crippen molar-refractivity contribution in [1.82, 2.24) is 20.4 Å². The van der Waals surface area contributed by atoms with E-state index >= 15 is 0 Å². The number of carbonyl (C=O) groups excluding carboxylic acids is 1. The van der Waals surface area contributed by atoms with Gasteiger partial charge in [-0.05, 0) is 38.2 Å². The van der Waals surface area contributed by atoms with E-state index in [1.165, 1.54) is 0 Å². The summed E-state index contributed by atoms with van der Waals surface area (Å²) < 4.78 is 5.57. The van der Waals surface area contributed by atoms with Gasteiger partial charge in [-0.15, -0.1) is 0 Å². The second kappa shape index (κ2) is 10.0. The zero-order chi connectivity index (χ0) is 21.6. The lowest BCUT2D eigenvalue weighted by Gasteiger charge is -2.28. The van der Waals surface area contributed by atoms with Crippen LogP contribution in [-0.2, 0) is 17.9 Å². The minimum absolute atomic E-state index is 0.0358. The molecule has 1 aromatic carbocycles. The lowest BCUT2D eigenvalue weighted by Crippen LogP contribution is -2.34. The van der Waals surface area contributed by atoms with Gasteiger partial charge in [0, 0.05) is 31.3 Å². The Hall–Kier alpha value is -2.80. The summed E-state index contributed by atoms with van der Waals surface area (Å²) in [5.41, 5.74) is 2.92. The van der Waals surface area contributed by atoms with Crippen LogP contribution in [0.15, 0.2) is 53.2 Å². The molecule has 2 aromatic rings. The first-order valence-electron chi connectivity index (χ1n) is 11.2. The predicted octanol–water partition coefficient (Wildman–Crippen LogP) is 4.58. The van der Waals surface area contributed by atoms with Crippen LogP contribution in [0.25, 0.3) is 0 Å². The summed E-state index contributed by atoms with van der Waals surface area (Å²) in [5.74, 6) is 0.897. The smallest absolute Gasteiger partial charge is 0.344 e. The summed E-state index contributed by atoms with van der Waals surface area (Å²) in [5, 5.41) is 9.11. The molecule has 1 aromatic heterocycles. The molecular formula is C24H32N4O3. The number of aryl methyl sites for hydroxylation is 1. The maximum absolute atomic E-state index is 13.0. The molecule has 2 aliphatic rings. The molecule has 0 saturated carbocycles. The van der Waals surface area contributed by atoms with Crippen molar-refractivity contribution >= 4 is 6.03 Å². The summed E-state index contributed by atoms with van der Waals surface area (Å²) in [4.78, 5) is 20.7. The lowest BCUT2D eigenvalue weighted by molar-refractivity contribution is -0.140. The first-order valence-corrected chi connectivity index (χ1v) is 11.2. The largest absolute Gasteiger partial charge is 0.389 e. The second-order valence-corrected chi connectivity index (χ2v) is 8.50. The molecule has 2 fully saturated rings. The third-order valence-corrected chi connectivity index (χ3v) is 5.98. The van der Waals surface area contributed by atoms with E-state index in [1.54, 1.807) is 5.06 Å². The summed E-state index contributed by atoms with van der Waals surface area (Å²) in [6.45, 7) is 7.86. The molecule has 3 heterocycles. The van der Waals surface area contributed by atoms with Crippen LogP contribution in [-0.4, -0.2) is 40.3 Å². The van der Waals surface area contributed by atoms with Crippen LogP contribution >= 0.6 is 0 Å². The zero-order valence-corrected chi connectivity index (χ0v) is 18.3. The van der Waals surface area contributed by atoms with E-state index in [0.717, 1.165) is 67.8 Å². The number of nitrogens with one attached hydrogen (secondary N) is 1.